The molecule has 1 aromatic carbocycles. The second-order valence-corrected chi connectivity index (χ2v) is 8.20. The molecule has 0 saturated carbocycles. The smallest absolute Gasteiger partial charge is 0.399 e. The van der Waals surface area contributed by atoms with Gasteiger partial charge in [-0.05, 0) is 33.8 Å². The van der Waals surface area contributed by atoms with Gasteiger partial charge in [0, 0.05) is 19.6 Å². The van der Waals surface area contributed by atoms with Crippen molar-refractivity contribution in [3.05, 3.63) is 24.3 Å². The van der Waals surface area contributed by atoms with Gasteiger partial charge in [-0.3, -0.25) is 0 Å². The molecule has 0 aliphatic carbocycles. The predicted octanol–water partition coefficient (Wildman–Crippen LogP) is 1.17. The lowest BCUT2D eigenvalue weighted by Gasteiger charge is -2.32. The van der Waals surface area contributed by atoms with Crippen molar-refractivity contribution >= 4 is 22.9 Å². The fraction of sp³-hybridized carbons (Fsp3) is 0.571. The van der Waals surface area contributed by atoms with Gasteiger partial charge in [0.15, 0.2) is 0 Å². The van der Waals surface area contributed by atoms with Crippen molar-refractivity contribution in [1.29, 1.82) is 0 Å². The highest BCUT2D eigenvalue weighted by Crippen LogP contribution is 2.37. The van der Waals surface area contributed by atoms with E-state index in [1.54, 1.807) is 24.3 Å². The molecule has 0 radical (unpaired) electrons. The van der Waals surface area contributed by atoms with Gasteiger partial charge in [-0.15, -0.1) is 0 Å². The van der Waals surface area contributed by atoms with E-state index in [1.165, 1.54) is 14.1 Å². The zero-order valence-electron chi connectivity index (χ0n) is 13.8. The van der Waals surface area contributed by atoms with Crippen LogP contribution in [-0.4, -0.2) is 45.1 Å². The molecule has 2 rings (SSSR count). The third-order valence-corrected chi connectivity index (χ3v) is 5.35. The second kappa shape index (κ2) is 5.52. The summed E-state index contributed by atoms with van der Waals surface area (Å²) in [4.78, 5) is 0. The van der Waals surface area contributed by atoms with Crippen LogP contribution in [-0.2, 0) is 19.6 Å². The predicted molar refractivity (Wildman–Crippen MR) is 85.4 cm³/mol. The Kier molecular flexibility index (Phi) is 4.34. The molecular weight excluding hydrogens is 305 g/mol. The van der Waals surface area contributed by atoms with Gasteiger partial charge < -0.3 is 13.5 Å². The average molecular weight is 327 g/mol. The van der Waals surface area contributed by atoms with E-state index in [0.29, 0.717) is 5.46 Å². The molecule has 1 fully saturated rings. The van der Waals surface area contributed by atoms with E-state index in [1.807, 2.05) is 27.7 Å². The molecule has 8 heteroatoms. The zero-order valence-corrected chi connectivity index (χ0v) is 14.6. The average Bonchev–Trinajstić information content (AvgIpc) is 2.58. The Bertz CT molecular complexity index is 641. The lowest BCUT2D eigenvalue weighted by Crippen LogP contribution is -2.41. The molecule has 0 spiro atoms. The minimum Gasteiger partial charge on any atom is -0.399 e. The highest BCUT2D eigenvalue weighted by Gasteiger charge is 2.52. The third kappa shape index (κ3) is 3.15. The standard InChI is InChI=1S/C14H22BNO5S/c1-13(2)14(3,4)21-15(20-13)11-9-7-8-10-12(11)19-22(17,18)16(5)6/h7-10H,1-6H3. The molecule has 1 aromatic rings. The Morgan fingerprint density at radius 3 is 2.05 bits per heavy atom. The molecule has 0 atom stereocenters. The number of rotatable bonds is 4. The van der Waals surface area contributed by atoms with Crippen molar-refractivity contribution in [1.82, 2.24) is 4.31 Å². The number of hydrogen-bond donors (Lipinski definition) is 0. The molecule has 0 aromatic heterocycles. The number of nitrogens with zero attached hydrogens (tertiary/aromatic N) is 1. The number of para-hydroxylation sites is 1. The minimum atomic E-state index is -3.84. The van der Waals surface area contributed by atoms with Gasteiger partial charge in [-0.25, -0.2) is 0 Å². The summed E-state index contributed by atoms with van der Waals surface area (Å²) in [7, 11) is -1.70. The highest BCUT2D eigenvalue weighted by atomic mass is 32.2. The van der Waals surface area contributed by atoms with E-state index < -0.39 is 28.6 Å². The minimum absolute atomic E-state index is 0.203. The first kappa shape index (κ1) is 17.3. The summed E-state index contributed by atoms with van der Waals surface area (Å²) in [6.07, 6.45) is 0. The Morgan fingerprint density at radius 2 is 1.55 bits per heavy atom. The first-order valence-electron chi connectivity index (χ1n) is 7.03. The maximum absolute atomic E-state index is 11.9. The molecule has 0 bridgehead atoms. The number of benzene rings is 1. The summed E-state index contributed by atoms with van der Waals surface area (Å²) in [5.74, 6) is 0.203. The Hall–Kier alpha value is -1.09. The van der Waals surface area contributed by atoms with Crippen molar-refractivity contribution in [3.63, 3.8) is 0 Å². The van der Waals surface area contributed by atoms with Gasteiger partial charge in [0.25, 0.3) is 0 Å². The first-order valence-corrected chi connectivity index (χ1v) is 8.39. The number of hydrogen-bond acceptors (Lipinski definition) is 5. The van der Waals surface area contributed by atoms with E-state index in [-0.39, 0.29) is 5.75 Å². The maximum Gasteiger partial charge on any atom is 0.498 e. The van der Waals surface area contributed by atoms with Crippen molar-refractivity contribution in [2.75, 3.05) is 14.1 Å². The topological polar surface area (TPSA) is 65.1 Å². The van der Waals surface area contributed by atoms with Crippen LogP contribution in [0.5, 0.6) is 5.75 Å². The quantitative estimate of drug-likeness (QED) is 0.777. The maximum atomic E-state index is 11.9. The van der Waals surface area contributed by atoms with E-state index in [4.69, 9.17) is 13.5 Å². The highest BCUT2D eigenvalue weighted by molar-refractivity contribution is 7.84. The van der Waals surface area contributed by atoms with E-state index in [0.717, 1.165) is 4.31 Å². The Labute approximate surface area is 132 Å². The fourth-order valence-corrected chi connectivity index (χ4v) is 2.44. The van der Waals surface area contributed by atoms with Crippen molar-refractivity contribution in [3.8, 4) is 5.75 Å². The summed E-state index contributed by atoms with van der Waals surface area (Å²) in [5.41, 5.74) is -0.470. The molecule has 0 unspecified atom stereocenters. The van der Waals surface area contributed by atoms with Crippen LogP contribution in [0.3, 0.4) is 0 Å². The molecule has 22 heavy (non-hydrogen) atoms. The summed E-state index contributed by atoms with van der Waals surface area (Å²) in [5, 5.41) is 0. The molecule has 0 amide bonds. The van der Waals surface area contributed by atoms with Crippen LogP contribution in [0, 0.1) is 0 Å². The lowest BCUT2D eigenvalue weighted by atomic mass is 9.78. The molecular formula is C14H22BNO5S. The molecule has 122 valence electrons. The van der Waals surface area contributed by atoms with Gasteiger partial charge >= 0.3 is 17.4 Å². The first-order chi connectivity index (χ1) is 9.96. The molecule has 6 nitrogen and oxygen atoms in total. The second-order valence-electron chi connectivity index (χ2n) is 6.45. The van der Waals surface area contributed by atoms with E-state index in [9.17, 15) is 8.42 Å². The SMILES string of the molecule is CN(C)S(=O)(=O)Oc1ccccc1B1OC(C)(C)C(C)(C)O1. The summed E-state index contributed by atoms with van der Waals surface area (Å²) in [6.45, 7) is 7.75. The Balaban J connectivity index is 2.35. The molecule has 1 heterocycles. The van der Waals surface area contributed by atoms with E-state index in [2.05, 4.69) is 0 Å². The van der Waals surface area contributed by atoms with Gasteiger partial charge in [0.05, 0.1) is 11.2 Å². The summed E-state index contributed by atoms with van der Waals surface area (Å²) >= 11 is 0. The van der Waals surface area contributed by atoms with Crippen LogP contribution in [0.2, 0.25) is 0 Å². The molecule has 1 aliphatic rings. The molecule has 0 N–H and O–H groups in total. The molecule has 1 saturated heterocycles. The van der Waals surface area contributed by atoms with Crippen LogP contribution in [0.4, 0.5) is 0 Å². The lowest BCUT2D eigenvalue weighted by molar-refractivity contribution is 0.00578. The summed E-state index contributed by atoms with van der Waals surface area (Å²) < 4.78 is 42.0. The fourth-order valence-electron chi connectivity index (χ4n) is 1.91. The van der Waals surface area contributed by atoms with Crippen LogP contribution in [0.1, 0.15) is 27.7 Å². The van der Waals surface area contributed by atoms with Crippen molar-refractivity contribution in [2.24, 2.45) is 0 Å². The van der Waals surface area contributed by atoms with Gasteiger partial charge in [-0.2, -0.15) is 12.7 Å². The van der Waals surface area contributed by atoms with Crippen LogP contribution in [0.15, 0.2) is 24.3 Å². The van der Waals surface area contributed by atoms with Gasteiger partial charge in [-0.1, -0.05) is 18.2 Å². The van der Waals surface area contributed by atoms with Crippen molar-refractivity contribution < 1.29 is 21.9 Å². The van der Waals surface area contributed by atoms with Gasteiger partial charge in [0.2, 0.25) is 0 Å². The largest absolute Gasteiger partial charge is 0.498 e. The molecule has 1 aliphatic heterocycles. The summed E-state index contributed by atoms with van der Waals surface area (Å²) in [6, 6.07) is 6.81. The van der Waals surface area contributed by atoms with Crippen LogP contribution in [0.25, 0.3) is 0 Å². The monoisotopic (exact) mass is 327 g/mol. The van der Waals surface area contributed by atoms with Gasteiger partial charge in [0.1, 0.15) is 5.75 Å². The van der Waals surface area contributed by atoms with E-state index >= 15 is 0 Å². The third-order valence-electron chi connectivity index (χ3n) is 4.07. The normalized spacial score (nSPS) is 20.4. The van der Waals surface area contributed by atoms with Crippen LogP contribution < -0.4 is 9.65 Å². The van der Waals surface area contributed by atoms with Crippen molar-refractivity contribution in [2.45, 2.75) is 38.9 Å². The zero-order chi connectivity index (χ0) is 16.8. The van der Waals surface area contributed by atoms with Crippen LogP contribution >= 0.6 is 0 Å². The Morgan fingerprint density at radius 1 is 1.05 bits per heavy atom.